The Hall–Kier alpha value is -2.23. The van der Waals surface area contributed by atoms with E-state index in [4.69, 9.17) is 4.42 Å². The molecule has 0 spiro atoms. The standard InChI is InChI=1S/C16H12BrN3O4S/c17-12-5-1-10(2-6-12)14(21)9-25-16-19-18-15(24-16)11-3-7-13(8-4-11)20(22)23/h1-8,14,21H,9H2. The van der Waals surface area contributed by atoms with Crippen molar-refractivity contribution >= 4 is 33.4 Å². The fraction of sp³-hybridized carbons (Fsp3) is 0.125. The summed E-state index contributed by atoms with van der Waals surface area (Å²) in [4.78, 5) is 10.2. The SMILES string of the molecule is O=[N+]([O-])c1ccc(-c2nnc(SCC(O)c3ccc(Br)cc3)o2)cc1. The van der Waals surface area contributed by atoms with Gasteiger partial charge >= 0.3 is 0 Å². The van der Waals surface area contributed by atoms with Gasteiger partial charge in [-0.15, -0.1) is 10.2 Å². The maximum atomic E-state index is 10.7. The van der Waals surface area contributed by atoms with Gasteiger partial charge in [0.1, 0.15) is 0 Å². The van der Waals surface area contributed by atoms with E-state index in [1.54, 1.807) is 12.1 Å². The second kappa shape index (κ2) is 7.77. The van der Waals surface area contributed by atoms with Gasteiger partial charge < -0.3 is 9.52 Å². The van der Waals surface area contributed by atoms with Crippen LogP contribution in [0, 0.1) is 10.1 Å². The zero-order valence-electron chi connectivity index (χ0n) is 12.7. The molecular weight excluding hydrogens is 410 g/mol. The van der Waals surface area contributed by atoms with E-state index in [1.807, 2.05) is 24.3 Å². The van der Waals surface area contributed by atoms with Gasteiger partial charge in [-0.2, -0.15) is 0 Å². The van der Waals surface area contributed by atoms with E-state index in [0.717, 1.165) is 10.0 Å². The summed E-state index contributed by atoms with van der Waals surface area (Å²) >= 11 is 4.59. The normalized spacial score (nSPS) is 12.1. The number of rotatable bonds is 6. The largest absolute Gasteiger partial charge is 0.411 e. The monoisotopic (exact) mass is 421 g/mol. The van der Waals surface area contributed by atoms with Crippen LogP contribution in [-0.2, 0) is 0 Å². The summed E-state index contributed by atoms with van der Waals surface area (Å²) < 4.78 is 6.47. The number of aliphatic hydroxyl groups excluding tert-OH is 1. The van der Waals surface area contributed by atoms with Crippen LogP contribution in [0.1, 0.15) is 11.7 Å². The van der Waals surface area contributed by atoms with Gasteiger partial charge in [0, 0.05) is 27.9 Å². The maximum absolute atomic E-state index is 10.7. The average Bonchev–Trinajstić information content (AvgIpc) is 3.09. The zero-order valence-corrected chi connectivity index (χ0v) is 15.1. The fourth-order valence-electron chi connectivity index (χ4n) is 2.04. The van der Waals surface area contributed by atoms with E-state index in [0.29, 0.717) is 16.5 Å². The summed E-state index contributed by atoms with van der Waals surface area (Å²) in [5.74, 6) is 0.638. The van der Waals surface area contributed by atoms with Crippen LogP contribution >= 0.6 is 27.7 Å². The Morgan fingerprint density at radius 3 is 2.48 bits per heavy atom. The summed E-state index contributed by atoms with van der Waals surface area (Å²) in [6, 6.07) is 13.3. The molecule has 9 heteroatoms. The Labute approximate surface area is 155 Å². The molecule has 0 fully saturated rings. The van der Waals surface area contributed by atoms with Crippen molar-refractivity contribution in [1.29, 1.82) is 0 Å². The minimum Gasteiger partial charge on any atom is -0.411 e. The zero-order chi connectivity index (χ0) is 17.8. The van der Waals surface area contributed by atoms with E-state index in [1.165, 1.54) is 23.9 Å². The van der Waals surface area contributed by atoms with Crippen LogP contribution in [0.15, 0.2) is 62.6 Å². The lowest BCUT2D eigenvalue weighted by atomic mass is 10.1. The lowest BCUT2D eigenvalue weighted by Crippen LogP contribution is -2.00. The van der Waals surface area contributed by atoms with Crippen LogP contribution in [-0.4, -0.2) is 26.0 Å². The van der Waals surface area contributed by atoms with Gasteiger partial charge in [0.25, 0.3) is 10.9 Å². The number of nitrogens with zero attached hydrogens (tertiary/aromatic N) is 3. The molecular formula is C16H12BrN3O4S. The minimum atomic E-state index is -0.659. The second-order valence-electron chi connectivity index (χ2n) is 5.06. The highest BCUT2D eigenvalue weighted by atomic mass is 79.9. The molecule has 1 N–H and O–H groups in total. The van der Waals surface area contributed by atoms with Gasteiger partial charge in [-0.3, -0.25) is 10.1 Å². The van der Waals surface area contributed by atoms with Gasteiger partial charge in [0.15, 0.2) is 0 Å². The summed E-state index contributed by atoms with van der Waals surface area (Å²) in [5.41, 5.74) is 1.39. The molecule has 25 heavy (non-hydrogen) atoms. The van der Waals surface area contributed by atoms with Crippen LogP contribution in [0.25, 0.3) is 11.5 Å². The van der Waals surface area contributed by atoms with Crippen molar-refractivity contribution in [1.82, 2.24) is 10.2 Å². The summed E-state index contributed by atoms with van der Waals surface area (Å²) in [7, 11) is 0. The van der Waals surface area contributed by atoms with Crippen molar-refractivity contribution in [2.75, 3.05) is 5.75 Å². The molecule has 1 heterocycles. The van der Waals surface area contributed by atoms with E-state index in [9.17, 15) is 15.2 Å². The number of aromatic nitrogens is 2. The van der Waals surface area contributed by atoms with E-state index in [2.05, 4.69) is 26.1 Å². The maximum Gasteiger partial charge on any atom is 0.276 e. The van der Waals surface area contributed by atoms with Gasteiger partial charge in [0.05, 0.1) is 11.0 Å². The molecule has 1 atom stereocenters. The molecule has 0 radical (unpaired) electrons. The number of hydrogen-bond donors (Lipinski definition) is 1. The van der Waals surface area contributed by atoms with E-state index >= 15 is 0 Å². The van der Waals surface area contributed by atoms with Gasteiger partial charge in [0.2, 0.25) is 5.89 Å². The van der Waals surface area contributed by atoms with Gasteiger partial charge in [-0.25, -0.2) is 0 Å². The molecule has 0 aliphatic rings. The average molecular weight is 422 g/mol. The molecule has 0 aliphatic heterocycles. The van der Waals surface area contributed by atoms with Crippen molar-refractivity contribution < 1.29 is 14.4 Å². The first-order chi connectivity index (χ1) is 12.0. The van der Waals surface area contributed by atoms with Crippen LogP contribution in [0.4, 0.5) is 5.69 Å². The van der Waals surface area contributed by atoms with Crippen LogP contribution < -0.4 is 0 Å². The summed E-state index contributed by atoms with van der Waals surface area (Å²) in [5, 5.41) is 29.0. The Morgan fingerprint density at radius 2 is 1.84 bits per heavy atom. The molecule has 3 aromatic rings. The molecule has 0 saturated carbocycles. The topological polar surface area (TPSA) is 102 Å². The molecule has 0 bridgehead atoms. The van der Waals surface area contributed by atoms with Crippen molar-refractivity contribution in [2.24, 2.45) is 0 Å². The molecule has 0 saturated heterocycles. The Morgan fingerprint density at radius 1 is 1.16 bits per heavy atom. The molecule has 3 rings (SSSR count). The third-order valence-corrected chi connectivity index (χ3v) is 4.77. The Bertz CT molecular complexity index is 868. The second-order valence-corrected chi connectivity index (χ2v) is 6.94. The van der Waals surface area contributed by atoms with E-state index < -0.39 is 11.0 Å². The molecule has 128 valence electrons. The molecule has 7 nitrogen and oxygen atoms in total. The quantitative estimate of drug-likeness (QED) is 0.360. The lowest BCUT2D eigenvalue weighted by molar-refractivity contribution is -0.384. The fourth-order valence-corrected chi connectivity index (χ4v) is 3.04. The summed E-state index contributed by atoms with van der Waals surface area (Å²) in [6.07, 6.45) is -0.659. The van der Waals surface area contributed by atoms with Crippen LogP contribution in [0.5, 0.6) is 0 Å². The highest BCUT2D eigenvalue weighted by Crippen LogP contribution is 2.28. The predicted octanol–water partition coefficient (Wildman–Crippen LogP) is 4.23. The number of nitro benzene ring substituents is 1. The van der Waals surface area contributed by atoms with Gasteiger partial charge in [-0.1, -0.05) is 39.8 Å². The van der Waals surface area contributed by atoms with Crippen molar-refractivity contribution in [3.8, 4) is 11.5 Å². The van der Waals surface area contributed by atoms with Crippen molar-refractivity contribution in [2.45, 2.75) is 11.3 Å². The van der Waals surface area contributed by atoms with Crippen molar-refractivity contribution in [3.05, 3.63) is 68.7 Å². The first-order valence-electron chi connectivity index (χ1n) is 7.17. The number of thioether (sulfide) groups is 1. The third-order valence-electron chi connectivity index (χ3n) is 3.35. The molecule has 0 aliphatic carbocycles. The lowest BCUT2D eigenvalue weighted by Gasteiger charge is -2.08. The number of hydrogen-bond acceptors (Lipinski definition) is 7. The minimum absolute atomic E-state index is 0.00418. The summed E-state index contributed by atoms with van der Waals surface area (Å²) in [6.45, 7) is 0. The molecule has 1 unspecified atom stereocenters. The van der Waals surface area contributed by atoms with E-state index in [-0.39, 0.29) is 11.6 Å². The number of benzene rings is 2. The number of nitro groups is 1. The first-order valence-corrected chi connectivity index (χ1v) is 8.95. The highest BCUT2D eigenvalue weighted by Gasteiger charge is 2.14. The number of non-ortho nitro benzene ring substituents is 1. The third kappa shape index (κ3) is 4.44. The number of halogens is 1. The molecule has 1 aromatic heterocycles. The number of aliphatic hydroxyl groups is 1. The molecule has 0 amide bonds. The van der Waals surface area contributed by atoms with Crippen molar-refractivity contribution in [3.63, 3.8) is 0 Å². The first kappa shape index (κ1) is 17.6. The Balaban J connectivity index is 1.63. The van der Waals surface area contributed by atoms with Crippen LogP contribution in [0.2, 0.25) is 0 Å². The molecule has 2 aromatic carbocycles. The van der Waals surface area contributed by atoms with Crippen LogP contribution in [0.3, 0.4) is 0 Å². The highest BCUT2D eigenvalue weighted by molar-refractivity contribution is 9.10. The Kier molecular flexibility index (Phi) is 5.47. The smallest absolute Gasteiger partial charge is 0.276 e. The predicted molar refractivity (Wildman–Crippen MR) is 96.2 cm³/mol. The van der Waals surface area contributed by atoms with Gasteiger partial charge in [-0.05, 0) is 29.8 Å².